The van der Waals surface area contributed by atoms with E-state index in [9.17, 15) is 14.4 Å². The minimum absolute atomic E-state index is 0.0103. The molecule has 0 saturated carbocycles. The third-order valence-electron chi connectivity index (χ3n) is 3.28. The largest absolute Gasteiger partial charge is 0.480 e. The summed E-state index contributed by atoms with van der Waals surface area (Å²) in [5, 5.41) is 11.4. The van der Waals surface area contributed by atoms with Gasteiger partial charge in [-0.05, 0) is 32.1 Å². The van der Waals surface area contributed by atoms with Crippen molar-refractivity contribution in [2.24, 2.45) is 5.73 Å². The fraction of sp³-hybridized carbons (Fsp3) is 0.769. The van der Waals surface area contributed by atoms with Crippen LogP contribution in [0.1, 0.15) is 44.9 Å². The minimum atomic E-state index is -1.16. The van der Waals surface area contributed by atoms with Crippen LogP contribution in [0.25, 0.3) is 0 Å². The average molecular weight is 286 g/mol. The Balaban J connectivity index is 2.29. The maximum Gasteiger partial charge on any atom is 0.326 e. The highest BCUT2D eigenvalue weighted by Crippen LogP contribution is 2.16. The molecule has 1 unspecified atom stereocenters. The average Bonchev–Trinajstić information content (AvgIpc) is 2.41. The van der Waals surface area contributed by atoms with E-state index in [1.165, 1.54) is 0 Å². The fourth-order valence-electron chi connectivity index (χ4n) is 2.14. The summed E-state index contributed by atoms with van der Waals surface area (Å²) < 4.78 is 5.50. The van der Waals surface area contributed by atoms with Crippen LogP contribution in [-0.2, 0) is 19.1 Å². The Morgan fingerprint density at radius 1 is 1.30 bits per heavy atom. The molecule has 0 aromatic heterocycles. The highest BCUT2D eigenvalue weighted by atomic mass is 16.5. The molecule has 0 radical (unpaired) electrons. The number of ether oxygens (including phenoxy) is 1. The normalized spacial score (nSPS) is 20.1. The van der Waals surface area contributed by atoms with Gasteiger partial charge in [-0.3, -0.25) is 9.59 Å². The molecule has 114 valence electrons. The molecule has 1 aliphatic heterocycles. The fourth-order valence-corrected chi connectivity index (χ4v) is 2.14. The van der Waals surface area contributed by atoms with Crippen molar-refractivity contribution in [2.75, 3.05) is 6.61 Å². The lowest BCUT2D eigenvalue weighted by Gasteiger charge is -2.22. The Morgan fingerprint density at radius 2 is 2.05 bits per heavy atom. The van der Waals surface area contributed by atoms with Crippen LogP contribution in [0.15, 0.2) is 0 Å². The molecule has 1 fully saturated rings. The van der Waals surface area contributed by atoms with Crippen molar-refractivity contribution in [3.63, 3.8) is 0 Å². The number of nitrogens with one attached hydrogen (secondary N) is 1. The number of primary amides is 1. The van der Waals surface area contributed by atoms with Crippen molar-refractivity contribution in [1.82, 2.24) is 5.32 Å². The van der Waals surface area contributed by atoms with Crippen LogP contribution >= 0.6 is 0 Å². The van der Waals surface area contributed by atoms with Gasteiger partial charge in [0.25, 0.3) is 0 Å². The molecule has 7 heteroatoms. The molecule has 0 bridgehead atoms. The summed E-state index contributed by atoms with van der Waals surface area (Å²) in [6.07, 6.45) is 3.94. The first kappa shape index (κ1) is 16.4. The van der Waals surface area contributed by atoms with Crippen LogP contribution in [0.2, 0.25) is 0 Å². The number of carbonyl (C=O) groups is 3. The molecule has 0 aromatic rings. The van der Waals surface area contributed by atoms with Gasteiger partial charge in [0.1, 0.15) is 6.04 Å². The van der Waals surface area contributed by atoms with Crippen LogP contribution in [0, 0.1) is 0 Å². The summed E-state index contributed by atoms with van der Waals surface area (Å²) in [5.41, 5.74) is 4.97. The molecule has 0 spiro atoms. The maximum atomic E-state index is 11.7. The highest BCUT2D eigenvalue weighted by molar-refractivity contribution is 5.84. The first-order chi connectivity index (χ1) is 9.49. The Morgan fingerprint density at radius 3 is 2.60 bits per heavy atom. The zero-order valence-electron chi connectivity index (χ0n) is 11.5. The Hall–Kier alpha value is -1.63. The summed E-state index contributed by atoms with van der Waals surface area (Å²) >= 11 is 0. The number of rotatable bonds is 8. The van der Waals surface area contributed by atoms with Gasteiger partial charge in [-0.1, -0.05) is 0 Å². The summed E-state index contributed by atoms with van der Waals surface area (Å²) in [7, 11) is 0. The maximum absolute atomic E-state index is 11.7. The van der Waals surface area contributed by atoms with E-state index in [1.807, 2.05) is 0 Å². The SMILES string of the molecule is NC(=O)CC[C@H](NC(=O)CCC1CCCCO1)C(=O)O. The van der Waals surface area contributed by atoms with Crippen LogP contribution in [0.3, 0.4) is 0 Å². The molecule has 0 aliphatic carbocycles. The Kier molecular flexibility index (Phi) is 7.00. The number of carboxylic acid groups (broad SMARTS) is 1. The van der Waals surface area contributed by atoms with Gasteiger partial charge in [-0.15, -0.1) is 0 Å². The van der Waals surface area contributed by atoms with E-state index in [2.05, 4.69) is 5.32 Å². The summed E-state index contributed by atoms with van der Waals surface area (Å²) in [6, 6.07) is -1.07. The van der Waals surface area contributed by atoms with Gasteiger partial charge in [-0.25, -0.2) is 4.79 Å². The number of nitrogens with two attached hydrogens (primary N) is 1. The lowest BCUT2D eigenvalue weighted by Crippen LogP contribution is -2.41. The smallest absolute Gasteiger partial charge is 0.326 e. The van der Waals surface area contributed by atoms with Crippen molar-refractivity contribution in [3.05, 3.63) is 0 Å². The first-order valence-corrected chi connectivity index (χ1v) is 6.91. The number of hydrogen-bond donors (Lipinski definition) is 3. The van der Waals surface area contributed by atoms with Crippen LogP contribution in [0.4, 0.5) is 0 Å². The molecule has 2 amide bonds. The molecular weight excluding hydrogens is 264 g/mol. The molecule has 4 N–H and O–H groups in total. The quantitative estimate of drug-likeness (QED) is 0.587. The third kappa shape index (κ3) is 6.51. The van der Waals surface area contributed by atoms with Gasteiger partial charge >= 0.3 is 5.97 Å². The predicted molar refractivity (Wildman–Crippen MR) is 70.8 cm³/mol. The monoisotopic (exact) mass is 286 g/mol. The lowest BCUT2D eigenvalue weighted by molar-refractivity contribution is -0.142. The topological polar surface area (TPSA) is 119 Å². The van der Waals surface area contributed by atoms with E-state index >= 15 is 0 Å². The summed E-state index contributed by atoms with van der Waals surface area (Å²) in [5.74, 6) is -2.08. The minimum Gasteiger partial charge on any atom is -0.480 e. The highest BCUT2D eigenvalue weighted by Gasteiger charge is 2.21. The van der Waals surface area contributed by atoms with Gasteiger partial charge in [-0.2, -0.15) is 0 Å². The second-order valence-corrected chi connectivity index (χ2v) is 4.99. The molecule has 20 heavy (non-hydrogen) atoms. The molecular formula is C13H22N2O5. The van der Waals surface area contributed by atoms with Crippen molar-refractivity contribution in [3.8, 4) is 0 Å². The first-order valence-electron chi connectivity index (χ1n) is 6.91. The number of amides is 2. The van der Waals surface area contributed by atoms with Gasteiger partial charge in [0, 0.05) is 19.4 Å². The van der Waals surface area contributed by atoms with Crippen molar-refractivity contribution < 1.29 is 24.2 Å². The third-order valence-corrected chi connectivity index (χ3v) is 3.28. The molecule has 2 atom stereocenters. The molecule has 1 aliphatic rings. The van der Waals surface area contributed by atoms with Crippen LogP contribution < -0.4 is 11.1 Å². The molecule has 0 aromatic carbocycles. The van der Waals surface area contributed by atoms with Crippen molar-refractivity contribution in [2.45, 2.75) is 57.1 Å². The van der Waals surface area contributed by atoms with Gasteiger partial charge in [0.05, 0.1) is 6.10 Å². The number of hydrogen-bond acceptors (Lipinski definition) is 4. The molecule has 1 heterocycles. The lowest BCUT2D eigenvalue weighted by atomic mass is 10.0. The molecule has 1 rings (SSSR count). The molecule has 7 nitrogen and oxygen atoms in total. The number of carboxylic acids is 1. The van der Waals surface area contributed by atoms with Crippen LogP contribution in [-0.4, -0.2) is 41.6 Å². The van der Waals surface area contributed by atoms with Crippen molar-refractivity contribution >= 4 is 17.8 Å². The Labute approximate surface area is 117 Å². The Bertz CT molecular complexity index is 353. The van der Waals surface area contributed by atoms with E-state index < -0.39 is 17.9 Å². The summed E-state index contributed by atoms with van der Waals surface area (Å²) in [6.45, 7) is 0.725. The van der Waals surface area contributed by atoms with Crippen molar-refractivity contribution in [1.29, 1.82) is 0 Å². The van der Waals surface area contributed by atoms with E-state index in [-0.39, 0.29) is 31.3 Å². The van der Waals surface area contributed by atoms with Gasteiger partial charge in [0.2, 0.25) is 11.8 Å². The van der Waals surface area contributed by atoms with Gasteiger partial charge < -0.3 is 20.9 Å². The number of carbonyl (C=O) groups excluding carboxylic acids is 2. The van der Waals surface area contributed by atoms with E-state index in [0.717, 1.165) is 25.9 Å². The van der Waals surface area contributed by atoms with E-state index in [4.69, 9.17) is 15.6 Å². The van der Waals surface area contributed by atoms with E-state index in [1.54, 1.807) is 0 Å². The summed E-state index contributed by atoms with van der Waals surface area (Å²) in [4.78, 5) is 33.3. The number of aliphatic carboxylic acids is 1. The second kappa shape index (κ2) is 8.52. The predicted octanol–water partition coefficient (Wildman–Crippen LogP) is 0.171. The zero-order valence-corrected chi connectivity index (χ0v) is 11.5. The van der Waals surface area contributed by atoms with Gasteiger partial charge in [0.15, 0.2) is 0 Å². The molecule has 1 saturated heterocycles. The zero-order chi connectivity index (χ0) is 15.0. The standard InChI is InChI=1S/C13H22N2O5/c14-11(16)6-5-10(13(18)19)15-12(17)7-4-9-3-1-2-8-20-9/h9-10H,1-8H2,(H2,14,16)(H,15,17)(H,18,19)/t9?,10-/m0/s1. The second-order valence-electron chi connectivity index (χ2n) is 4.99. The van der Waals surface area contributed by atoms with E-state index in [0.29, 0.717) is 6.42 Å². The van der Waals surface area contributed by atoms with Crippen LogP contribution in [0.5, 0.6) is 0 Å².